The Balaban J connectivity index is 1.33. The first-order valence-electron chi connectivity index (χ1n) is 11.7. The number of nitrogens with zero attached hydrogens (tertiary/aromatic N) is 2. The predicted molar refractivity (Wildman–Crippen MR) is 140 cm³/mol. The lowest BCUT2D eigenvalue weighted by molar-refractivity contribution is -0.167. The van der Waals surface area contributed by atoms with Crippen LogP contribution in [0.3, 0.4) is 0 Å². The number of nitrogens with one attached hydrogen (secondary N) is 3. The average Bonchev–Trinajstić information content (AvgIpc) is 3.31. The van der Waals surface area contributed by atoms with E-state index in [2.05, 4.69) is 32.7 Å². The molecule has 0 unspecified atom stereocenters. The third-order valence-corrected chi connectivity index (χ3v) is 6.22. The second-order valence-electron chi connectivity index (χ2n) is 9.60. The molecule has 3 aromatic rings. The molecule has 0 bridgehead atoms. The molecule has 11 heteroatoms. The van der Waals surface area contributed by atoms with Gasteiger partial charge in [0, 0.05) is 29.9 Å². The molecule has 0 fully saturated rings. The van der Waals surface area contributed by atoms with Crippen LogP contribution in [0.25, 0.3) is 5.57 Å². The number of hydrogen-bond donors (Lipinski definition) is 3. The molecular formula is C27H25ClF3N5O2. The Hall–Kier alpha value is -3.92. The first kappa shape index (κ1) is 27.1. The molecule has 1 aromatic heterocycles. The van der Waals surface area contributed by atoms with Gasteiger partial charge in [0.1, 0.15) is 0 Å². The highest BCUT2D eigenvalue weighted by atomic mass is 35.5. The van der Waals surface area contributed by atoms with Gasteiger partial charge in [-0.3, -0.25) is 9.59 Å². The summed E-state index contributed by atoms with van der Waals surface area (Å²) < 4.78 is 37.2. The van der Waals surface area contributed by atoms with Gasteiger partial charge in [-0.25, -0.2) is 9.97 Å². The first-order chi connectivity index (χ1) is 17.9. The molecule has 2 amide bonds. The van der Waals surface area contributed by atoms with Gasteiger partial charge >= 0.3 is 12.1 Å². The van der Waals surface area contributed by atoms with E-state index in [1.165, 1.54) is 29.8 Å². The lowest BCUT2D eigenvalue weighted by Gasteiger charge is -2.25. The Morgan fingerprint density at radius 3 is 2.45 bits per heavy atom. The summed E-state index contributed by atoms with van der Waals surface area (Å²) in [6.45, 7) is 4.63. The summed E-state index contributed by atoms with van der Waals surface area (Å²) in [6, 6.07) is 13.2. The molecule has 1 heterocycles. The largest absolute Gasteiger partial charge is 0.471 e. The van der Waals surface area contributed by atoms with Crippen molar-refractivity contribution in [2.24, 2.45) is 5.41 Å². The monoisotopic (exact) mass is 543 g/mol. The maximum atomic E-state index is 12.5. The van der Waals surface area contributed by atoms with Gasteiger partial charge in [-0.2, -0.15) is 13.2 Å². The normalized spacial score (nSPS) is 12.9. The fourth-order valence-electron chi connectivity index (χ4n) is 3.86. The van der Waals surface area contributed by atoms with Crippen molar-refractivity contribution in [3.05, 3.63) is 88.2 Å². The van der Waals surface area contributed by atoms with Gasteiger partial charge in [-0.15, -0.1) is 0 Å². The predicted octanol–water partition coefficient (Wildman–Crippen LogP) is 5.49. The van der Waals surface area contributed by atoms with Crippen LogP contribution in [-0.2, 0) is 11.2 Å². The molecule has 0 spiro atoms. The maximum absolute atomic E-state index is 12.5. The molecule has 0 aliphatic heterocycles. The summed E-state index contributed by atoms with van der Waals surface area (Å²) >= 11 is 6.42. The number of amides is 2. The number of allylic oxidation sites excluding steroid dienone is 1. The SMILES string of the molecule is CC(C)(CNC(=O)c1ccc(NC(=O)C(F)(F)F)cc1)CNc1ncc(Cl)c(C2=CCc3ccccc32)n1. The molecule has 1 aliphatic carbocycles. The van der Waals surface area contributed by atoms with Gasteiger partial charge in [-0.05, 0) is 47.2 Å². The molecule has 0 atom stereocenters. The van der Waals surface area contributed by atoms with E-state index in [1.54, 1.807) is 11.5 Å². The molecule has 1 aliphatic rings. The van der Waals surface area contributed by atoms with Gasteiger partial charge in [0.2, 0.25) is 5.95 Å². The minimum Gasteiger partial charge on any atom is -0.354 e. The van der Waals surface area contributed by atoms with Gasteiger partial charge in [-0.1, -0.05) is 55.8 Å². The maximum Gasteiger partial charge on any atom is 0.471 e. The number of fused-ring (bicyclic) bond motifs is 1. The Morgan fingerprint density at radius 2 is 1.74 bits per heavy atom. The number of carbonyl (C=O) groups excluding carboxylic acids is 2. The molecular weight excluding hydrogens is 519 g/mol. The summed E-state index contributed by atoms with van der Waals surface area (Å²) in [4.78, 5) is 32.5. The second kappa shape index (κ2) is 10.8. The Labute approximate surface area is 222 Å². The minimum absolute atomic E-state index is 0.0624. The van der Waals surface area contributed by atoms with E-state index >= 15 is 0 Å². The third-order valence-electron chi connectivity index (χ3n) is 5.95. The third kappa shape index (κ3) is 6.49. The summed E-state index contributed by atoms with van der Waals surface area (Å²) in [7, 11) is 0. The van der Waals surface area contributed by atoms with Crippen LogP contribution in [0.1, 0.15) is 41.0 Å². The van der Waals surface area contributed by atoms with Crippen LogP contribution in [0.15, 0.2) is 60.8 Å². The quantitative estimate of drug-likeness (QED) is 0.349. The van der Waals surface area contributed by atoms with Crippen molar-refractivity contribution >= 4 is 40.6 Å². The highest BCUT2D eigenvalue weighted by molar-refractivity contribution is 6.32. The van der Waals surface area contributed by atoms with Crippen molar-refractivity contribution in [3.63, 3.8) is 0 Å². The number of halogens is 4. The zero-order chi connectivity index (χ0) is 27.5. The van der Waals surface area contributed by atoms with Crippen LogP contribution in [0.2, 0.25) is 5.02 Å². The minimum atomic E-state index is -4.99. The Kier molecular flexibility index (Phi) is 7.73. The molecule has 2 aromatic carbocycles. The van der Waals surface area contributed by atoms with Gasteiger partial charge in [0.05, 0.1) is 16.9 Å². The van der Waals surface area contributed by atoms with Crippen LogP contribution >= 0.6 is 11.6 Å². The van der Waals surface area contributed by atoms with Crippen molar-refractivity contribution < 1.29 is 22.8 Å². The Morgan fingerprint density at radius 1 is 1.03 bits per heavy atom. The molecule has 4 rings (SSSR count). The smallest absolute Gasteiger partial charge is 0.354 e. The number of hydrogen-bond acceptors (Lipinski definition) is 5. The fraction of sp³-hybridized carbons (Fsp3) is 0.259. The molecule has 0 saturated carbocycles. The van der Waals surface area contributed by atoms with Crippen LogP contribution in [0, 0.1) is 5.41 Å². The molecule has 7 nitrogen and oxygen atoms in total. The topological polar surface area (TPSA) is 96.0 Å². The van der Waals surface area contributed by atoms with Crippen molar-refractivity contribution in [1.82, 2.24) is 15.3 Å². The van der Waals surface area contributed by atoms with Crippen molar-refractivity contribution in [3.8, 4) is 0 Å². The number of rotatable bonds is 8. The van der Waals surface area contributed by atoms with E-state index in [0.29, 0.717) is 29.8 Å². The molecule has 38 heavy (non-hydrogen) atoms. The number of alkyl halides is 3. The van der Waals surface area contributed by atoms with Crippen LogP contribution in [-0.4, -0.2) is 41.0 Å². The van der Waals surface area contributed by atoms with E-state index in [1.807, 2.05) is 32.0 Å². The lowest BCUT2D eigenvalue weighted by atomic mass is 9.93. The summed E-state index contributed by atoms with van der Waals surface area (Å²) in [5.74, 6) is -2.07. The van der Waals surface area contributed by atoms with E-state index in [0.717, 1.165) is 17.6 Å². The zero-order valence-corrected chi connectivity index (χ0v) is 21.4. The zero-order valence-electron chi connectivity index (χ0n) is 20.6. The van der Waals surface area contributed by atoms with Crippen molar-refractivity contribution in [1.29, 1.82) is 0 Å². The molecule has 0 saturated heterocycles. The molecule has 0 radical (unpaired) electrons. The number of anilines is 2. The fourth-order valence-corrected chi connectivity index (χ4v) is 4.05. The summed E-state index contributed by atoms with van der Waals surface area (Å²) in [6.07, 6.45) is -0.526. The van der Waals surface area contributed by atoms with Gasteiger partial charge < -0.3 is 16.0 Å². The second-order valence-corrected chi connectivity index (χ2v) is 10.0. The average molecular weight is 544 g/mol. The van der Waals surface area contributed by atoms with E-state index in [9.17, 15) is 22.8 Å². The molecule has 198 valence electrons. The highest BCUT2D eigenvalue weighted by Gasteiger charge is 2.38. The number of carbonyl (C=O) groups is 2. The van der Waals surface area contributed by atoms with Gasteiger partial charge in [0.25, 0.3) is 5.91 Å². The molecule has 3 N–H and O–H groups in total. The van der Waals surface area contributed by atoms with Crippen LogP contribution in [0.5, 0.6) is 0 Å². The van der Waals surface area contributed by atoms with E-state index < -0.39 is 23.4 Å². The standard InChI is InChI=1S/C27H25ClF3N5O2/c1-26(2,14-33-23(37)17-7-10-18(11-8-17)35-24(38)27(29,30)31)15-34-25-32-13-21(28)22(36-25)20-12-9-16-5-3-4-6-19(16)20/h3-8,10-13H,9,14-15H2,1-2H3,(H,33,37)(H,35,38)(H,32,34,36). The van der Waals surface area contributed by atoms with Gasteiger partial charge in [0.15, 0.2) is 0 Å². The number of benzene rings is 2. The summed E-state index contributed by atoms with van der Waals surface area (Å²) in [5, 5.41) is 8.22. The lowest BCUT2D eigenvalue weighted by Crippen LogP contribution is -2.38. The van der Waals surface area contributed by atoms with Crippen molar-refractivity contribution in [2.75, 3.05) is 23.7 Å². The summed E-state index contributed by atoms with van der Waals surface area (Å²) in [5.41, 5.74) is 3.70. The van der Waals surface area contributed by atoms with Crippen molar-refractivity contribution in [2.45, 2.75) is 26.4 Å². The highest BCUT2D eigenvalue weighted by Crippen LogP contribution is 2.35. The number of aromatic nitrogens is 2. The van der Waals surface area contributed by atoms with E-state index in [4.69, 9.17) is 11.6 Å². The van der Waals surface area contributed by atoms with Crippen LogP contribution < -0.4 is 16.0 Å². The van der Waals surface area contributed by atoms with Crippen LogP contribution in [0.4, 0.5) is 24.8 Å². The Bertz CT molecular complexity index is 1390. The van der Waals surface area contributed by atoms with E-state index in [-0.39, 0.29) is 11.3 Å². The first-order valence-corrected chi connectivity index (χ1v) is 12.1.